The number of rotatable bonds is 6. The Morgan fingerprint density at radius 2 is 2.45 bits per heavy atom. The summed E-state index contributed by atoms with van der Waals surface area (Å²) in [5, 5.41) is 9.65. The molecule has 0 spiro atoms. The first-order chi connectivity index (χ1) is 9.65. The number of thiazole rings is 1. The molecule has 0 bridgehead atoms. The molecular weight excluding hydrogens is 290 g/mol. The van der Waals surface area contributed by atoms with Gasteiger partial charge in [-0.3, -0.25) is 4.79 Å². The largest absolute Gasteiger partial charge is 0.356 e. The number of thioether (sulfide) groups is 1. The second-order valence-electron chi connectivity index (χ2n) is 5.36. The standard InChI is InChI=1S/C14H23N3OS2/c1-10(2)14-17-11(9-20-14)3-4-16-13(18)7-12-8-19-6-5-15-12/h9-10,12,15H,3-8H2,1-2H3,(H,16,18). The summed E-state index contributed by atoms with van der Waals surface area (Å²) in [4.78, 5) is 16.4. The highest BCUT2D eigenvalue weighted by Gasteiger charge is 2.16. The fourth-order valence-corrected chi connectivity index (χ4v) is 3.90. The lowest BCUT2D eigenvalue weighted by Gasteiger charge is -2.22. The van der Waals surface area contributed by atoms with Crippen LogP contribution in [0, 0.1) is 0 Å². The third kappa shape index (κ3) is 5.07. The first-order valence-corrected chi connectivity index (χ1v) is 9.20. The molecule has 1 fully saturated rings. The molecule has 2 N–H and O–H groups in total. The molecule has 1 amide bonds. The van der Waals surface area contributed by atoms with E-state index < -0.39 is 0 Å². The number of carbonyl (C=O) groups is 1. The van der Waals surface area contributed by atoms with Crippen LogP contribution in [0.25, 0.3) is 0 Å². The van der Waals surface area contributed by atoms with Crippen molar-refractivity contribution in [2.45, 2.75) is 38.6 Å². The highest BCUT2D eigenvalue weighted by atomic mass is 32.2. The zero-order chi connectivity index (χ0) is 14.4. The quantitative estimate of drug-likeness (QED) is 0.844. The topological polar surface area (TPSA) is 54.0 Å². The van der Waals surface area contributed by atoms with Crippen LogP contribution in [0.5, 0.6) is 0 Å². The van der Waals surface area contributed by atoms with Crippen molar-refractivity contribution in [3.05, 3.63) is 16.1 Å². The average Bonchev–Trinajstić information content (AvgIpc) is 2.89. The number of carbonyl (C=O) groups excluding carboxylic acids is 1. The number of nitrogens with zero attached hydrogens (tertiary/aromatic N) is 1. The van der Waals surface area contributed by atoms with E-state index >= 15 is 0 Å². The molecule has 4 nitrogen and oxygen atoms in total. The molecular formula is C14H23N3OS2. The van der Waals surface area contributed by atoms with E-state index in [1.807, 2.05) is 11.8 Å². The molecule has 1 aliphatic heterocycles. The maximum Gasteiger partial charge on any atom is 0.221 e. The Balaban J connectivity index is 1.65. The number of hydrogen-bond donors (Lipinski definition) is 2. The first kappa shape index (κ1) is 15.8. The number of aromatic nitrogens is 1. The molecule has 6 heteroatoms. The number of nitrogens with one attached hydrogen (secondary N) is 2. The average molecular weight is 313 g/mol. The molecule has 1 unspecified atom stereocenters. The Morgan fingerprint density at radius 3 is 3.10 bits per heavy atom. The van der Waals surface area contributed by atoms with E-state index in [4.69, 9.17) is 0 Å². The van der Waals surface area contributed by atoms with Gasteiger partial charge in [0.2, 0.25) is 5.91 Å². The summed E-state index contributed by atoms with van der Waals surface area (Å²) in [5.41, 5.74) is 1.09. The second kappa shape index (κ2) is 8.00. The van der Waals surface area contributed by atoms with Gasteiger partial charge in [0.1, 0.15) is 0 Å². The van der Waals surface area contributed by atoms with E-state index in [1.54, 1.807) is 11.3 Å². The van der Waals surface area contributed by atoms with E-state index in [-0.39, 0.29) is 5.91 Å². The Morgan fingerprint density at radius 1 is 1.60 bits per heavy atom. The summed E-state index contributed by atoms with van der Waals surface area (Å²) in [5.74, 6) is 2.82. The van der Waals surface area contributed by atoms with E-state index in [9.17, 15) is 4.79 Å². The van der Waals surface area contributed by atoms with E-state index in [0.29, 0.717) is 24.9 Å². The molecule has 1 atom stereocenters. The minimum atomic E-state index is 0.143. The summed E-state index contributed by atoms with van der Waals surface area (Å²) in [7, 11) is 0. The summed E-state index contributed by atoms with van der Waals surface area (Å²) < 4.78 is 0. The fourth-order valence-electron chi connectivity index (χ4n) is 2.08. The van der Waals surface area contributed by atoms with Gasteiger partial charge in [-0.15, -0.1) is 11.3 Å². The molecule has 1 aliphatic rings. The highest BCUT2D eigenvalue weighted by molar-refractivity contribution is 7.99. The van der Waals surface area contributed by atoms with Crippen molar-refractivity contribution >= 4 is 29.0 Å². The molecule has 1 aromatic heterocycles. The van der Waals surface area contributed by atoms with Crippen LogP contribution in [0.1, 0.15) is 36.9 Å². The maximum absolute atomic E-state index is 11.8. The van der Waals surface area contributed by atoms with Gasteiger partial charge in [0.15, 0.2) is 0 Å². The van der Waals surface area contributed by atoms with Crippen LogP contribution in [0.2, 0.25) is 0 Å². The SMILES string of the molecule is CC(C)c1nc(CCNC(=O)CC2CSCCN2)cs1. The summed E-state index contributed by atoms with van der Waals surface area (Å²) in [6, 6.07) is 0.334. The van der Waals surface area contributed by atoms with E-state index in [2.05, 4.69) is 34.8 Å². The number of amides is 1. The van der Waals surface area contributed by atoms with Crippen LogP contribution in [0.15, 0.2) is 5.38 Å². The summed E-state index contributed by atoms with van der Waals surface area (Å²) in [6.07, 6.45) is 1.41. The smallest absolute Gasteiger partial charge is 0.221 e. The molecule has 0 aromatic carbocycles. The molecule has 0 radical (unpaired) electrons. The molecule has 2 heterocycles. The van der Waals surface area contributed by atoms with Crippen molar-refractivity contribution in [1.82, 2.24) is 15.6 Å². The lowest BCUT2D eigenvalue weighted by molar-refractivity contribution is -0.121. The summed E-state index contributed by atoms with van der Waals surface area (Å²) >= 11 is 3.63. The summed E-state index contributed by atoms with van der Waals surface area (Å²) in [6.45, 7) is 6.00. The lowest BCUT2D eigenvalue weighted by Crippen LogP contribution is -2.41. The van der Waals surface area contributed by atoms with Gasteiger partial charge in [-0.25, -0.2) is 4.98 Å². The zero-order valence-electron chi connectivity index (χ0n) is 12.1. The molecule has 112 valence electrons. The van der Waals surface area contributed by atoms with Crippen LogP contribution in [-0.2, 0) is 11.2 Å². The van der Waals surface area contributed by atoms with Gasteiger partial charge in [-0.05, 0) is 0 Å². The minimum absolute atomic E-state index is 0.143. The van der Waals surface area contributed by atoms with Crippen molar-refractivity contribution in [3.8, 4) is 0 Å². The molecule has 0 saturated carbocycles. The molecule has 0 aliphatic carbocycles. The van der Waals surface area contributed by atoms with Crippen LogP contribution in [-0.4, -0.2) is 41.5 Å². The van der Waals surface area contributed by atoms with Gasteiger partial charge in [0.25, 0.3) is 0 Å². The van der Waals surface area contributed by atoms with Crippen molar-refractivity contribution in [1.29, 1.82) is 0 Å². The van der Waals surface area contributed by atoms with Gasteiger partial charge in [0, 0.05) is 54.8 Å². The second-order valence-corrected chi connectivity index (χ2v) is 7.40. The van der Waals surface area contributed by atoms with Crippen molar-refractivity contribution in [3.63, 3.8) is 0 Å². The van der Waals surface area contributed by atoms with Gasteiger partial charge in [0.05, 0.1) is 10.7 Å². The maximum atomic E-state index is 11.8. The van der Waals surface area contributed by atoms with Gasteiger partial charge in [-0.1, -0.05) is 13.8 Å². The third-order valence-corrected chi connectivity index (χ3v) is 5.52. The Labute approximate surface area is 129 Å². The zero-order valence-corrected chi connectivity index (χ0v) is 13.8. The van der Waals surface area contributed by atoms with Crippen LogP contribution in [0.3, 0.4) is 0 Å². The van der Waals surface area contributed by atoms with Gasteiger partial charge >= 0.3 is 0 Å². The molecule has 1 saturated heterocycles. The van der Waals surface area contributed by atoms with Crippen LogP contribution in [0.4, 0.5) is 0 Å². The minimum Gasteiger partial charge on any atom is -0.356 e. The molecule has 2 rings (SSSR count). The first-order valence-electron chi connectivity index (χ1n) is 7.17. The normalized spacial score (nSPS) is 19.2. The predicted molar refractivity (Wildman–Crippen MR) is 86.6 cm³/mol. The third-order valence-electron chi connectivity index (χ3n) is 3.20. The monoisotopic (exact) mass is 313 g/mol. The number of hydrogen-bond acceptors (Lipinski definition) is 5. The van der Waals surface area contributed by atoms with Gasteiger partial charge < -0.3 is 10.6 Å². The fraction of sp³-hybridized carbons (Fsp3) is 0.714. The van der Waals surface area contributed by atoms with Crippen LogP contribution < -0.4 is 10.6 Å². The van der Waals surface area contributed by atoms with Crippen molar-refractivity contribution in [2.24, 2.45) is 0 Å². The van der Waals surface area contributed by atoms with Crippen molar-refractivity contribution in [2.75, 3.05) is 24.6 Å². The Hall–Kier alpha value is -0.590. The van der Waals surface area contributed by atoms with E-state index in [0.717, 1.165) is 30.2 Å². The molecule has 1 aromatic rings. The van der Waals surface area contributed by atoms with Crippen molar-refractivity contribution < 1.29 is 4.79 Å². The van der Waals surface area contributed by atoms with Crippen LogP contribution >= 0.6 is 23.1 Å². The Kier molecular flexibility index (Phi) is 6.32. The molecule has 20 heavy (non-hydrogen) atoms. The lowest BCUT2D eigenvalue weighted by atomic mass is 10.2. The van der Waals surface area contributed by atoms with E-state index in [1.165, 1.54) is 5.01 Å². The Bertz CT molecular complexity index is 428. The highest BCUT2D eigenvalue weighted by Crippen LogP contribution is 2.19. The predicted octanol–water partition coefficient (Wildman–Crippen LogP) is 2.02. The van der Waals surface area contributed by atoms with Gasteiger partial charge in [-0.2, -0.15) is 11.8 Å².